The maximum Gasteiger partial charge on any atom is 0.150 e. The van der Waals surface area contributed by atoms with Crippen LogP contribution in [-0.4, -0.2) is 9.59 Å². The second kappa shape index (κ2) is 5.44. The van der Waals surface area contributed by atoms with Crippen LogP contribution in [-0.2, 0) is 6.61 Å². The fourth-order valence-corrected chi connectivity index (χ4v) is 2.00. The Hall–Kier alpha value is -1.18. The molecule has 1 aromatic carbocycles. The number of halogens is 1. The lowest BCUT2D eigenvalue weighted by atomic mass is 10.2. The van der Waals surface area contributed by atoms with Gasteiger partial charge in [-0.2, -0.15) is 0 Å². The van der Waals surface area contributed by atoms with E-state index in [1.807, 2.05) is 25.1 Å². The highest BCUT2D eigenvalue weighted by molar-refractivity contribution is 9.10. The van der Waals surface area contributed by atoms with E-state index in [9.17, 15) is 0 Å². The van der Waals surface area contributed by atoms with Crippen molar-refractivity contribution in [2.75, 3.05) is 5.43 Å². The van der Waals surface area contributed by atoms with Crippen molar-refractivity contribution in [3.05, 3.63) is 33.9 Å². The summed E-state index contributed by atoms with van der Waals surface area (Å²) in [7, 11) is 0. The Balaban J connectivity index is 2.05. The summed E-state index contributed by atoms with van der Waals surface area (Å²) in [4.78, 5) is 0. The zero-order valence-electron chi connectivity index (χ0n) is 9.11. The molecule has 0 radical (unpaired) electrons. The van der Waals surface area contributed by atoms with Crippen LogP contribution >= 0.6 is 27.5 Å². The first kappa shape index (κ1) is 12.3. The van der Waals surface area contributed by atoms with E-state index < -0.39 is 0 Å². The summed E-state index contributed by atoms with van der Waals surface area (Å²) in [6, 6.07) is 5.80. The molecule has 5 nitrogen and oxygen atoms in total. The highest BCUT2D eigenvalue weighted by Crippen LogP contribution is 2.23. The van der Waals surface area contributed by atoms with Crippen LogP contribution in [0.5, 0.6) is 5.75 Å². The van der Waals surface area contributed by atoms with E-state index in [1.165, 1.54) is 11.5 Å². The summed E-state index contributed by atoms with van der Waals surface area (Å²) in [5, 5.41) is 4.65. The van der Waals surface area contributed by atoms with E-state index in [0.717, 1.165) is 20.8 Å². The van der Waals surface area contributed by atoms with Crippen LogP contribution in [0.15, 0.2) is 22.7 Å². The second-order valence-electron chi connectivity index (χ2n) is 3.39. The quantitative estimate of drug-likeness (QED) is 0.670. The standard InChI is InChI=1S/C10H11BrN4OS/c1-6-4-7(2-3-8(6)11)16-5-9-10(13-12)17-15-14-9/h2-4,13H,5,12H2,1H3. The van der Waals surface area contributed by atoms with Gasteiger partial charge >= 0.3 is 0 Å². The largest absolute Gasteiger partial charge is 0.487 e. The molecule has 0 saturated heterocycles. The molecule has 90 valence electrons. The minimum absolute atomic E-state index is 0.344. The number of rotatable bonds is 4. The number of hydrogen-bond donors (Lipinski definition) is 2. The molecule has 0 saturated carbocycles. The molecule has 1 aromatic heterocycles. The lowest BCUT2D eigenvalue weighted by Gasteiger charge is -2.06. The Kier molecular flexibility index (Phi) is 3.93. The molecule has 17 heavy (non-hydrogen) atoms. The fourth-order valence-electron chi connectivity index (χ4n) is 1.27. The number of nitrogen functional groups attached to an aromatic ring is 1. The minimum Gasteiger partial charge on any atom is -0.487 e. The van der Waals surface area contributed by atoms with Gasteiger partial charge in [-0.15, -0.1) is 5.10 Å². The zero-order valence-corrected chi connectivity index (χ0v) is 11.5. The van der Waals surface area contributed by atoms with Crippen LogP contribution in [0.4, 0.5) is 5.00 Å². The predicted molar refractivity (Wildman–Crippen MR) is 70.9 cm³/mol. The Bertz CT molecular complexity index is 517. The summed E-state index contributed by atoms with van der Waals surface area (Å²) < 4.78 is 10.5. The van der Waals surface area contributed by atoms with Gasteiger partial charge in [0, 0.05) is 16.0 Å². The van der Waals surface area contributed by atoms with Gasteiger partial charge < -0.3 is 10.2 Å². The maximum atomic E-state index is 5.62. The molecule has 0 amide bonds. The van der Waals surface area contributed by atoms with E-state index in [0.29, 0.717) is 12.3 Å². The molecule has 2 rings (SSSR count). The molecule has 0 atom stereocenters. The van der Waals surface area contributed by atoms with Gasteiger partial charge in [-0.3, -0.25) is 0 Å². The van der Waals surface area contributed by atoms with Crippen molar-refractivity contribution >= 4 is 32.5 Å². The summed E-state index contributed by atoms with van der Waals surface area (Å²) in [6.45, 7) is 2.35. The van der Waals surface area contributed by atoms with Crippen LogP contribution in [0, 0.1) is 6.92 Å². The third-order valence-electron chi connectivity index (χ3n) is 2.19. The Morgan fingerprint density at radius 1 is 1.53 bits per heavy atom. The van der Waals surface area contributed by atoms with Crippen molar-refractivity contribution < 1.29 is 4.74 Å². The number of ether oxygens (including phenoxy) is 1. The van der Waals surface area contributed by atoms with E-state index in [4.69, 9.17) is 10.6 Å². The van der Waals surface area contributed by atoms with Gasteiger partial charge in [0.2, 0.25) is 0 Å². The molecule has 2 aromatic rings. The molecule has 3 N–H and O–H groups in total. The first-order valence-corrected chi connectivity index (χ1v) is 6.44. The highest BCUT2D eigenvalue weighted by Gasteiger charge is 2.07. The number of aromatic nitrogens is 2. The zero-order chi connectivity index (χ0) is 12.3. The fraction of sp³-hybridized carbons (Fsp3) is 0.200. The summed E-state index contributed by atoms with van der Waals surface area (Å²) in [5.74, 6) is 6.12. The molecule has 0 bridgehead atoms. The smallest absolute Gasteiger partial charge is 0.150 e. The van der Waals surface area contributed by atoms with Crippen LogP contribution in [0.2, 0.25) is 0 Å². The lowest BCUT2D eigenvalue weighted by Crippen LogP contribution is -2.08. The molecule has 0 fully saturated rings. The number of nitrogens with zero attached hydrogens (tertiary/aromatic N) is 2. The summed E-state index contributed by atoms with van der Waals surface area (Å²) in [5.41, 5.74) is 4.37. The highest BCUT2D eigenvalue weighted by atomic mass is 79.9. The molecule has 0 spiro atoms. The molecule has 7 heteroatoms. The number of hydrogen-bond acceptors (Lipinski definition) is 6. The number of nitrogens with two attached hydrogens (primary N) is 1. The third-order valence-corrected chi connectivity index (χ3v) is 3.78. The van der Waals surface area contributed by atoms with Crippen LogP contribution in [0.25, 0.3) is 0 Å². The van der Waals surface area contributed by atoms with Crippen molar-refractivity contribution in [1.29, 1.82) is 0 Å². The Morgan fingerprint density at radius 3 is 3.06 bits per heavy atom. The van der Waals surface area contributed by atoms with Crippen molar-refractivity contribution in [2.45, 2.75) is 13.5 Å². The first-order chi connectivity index (χ1) is 8.20. The molecule has 1 heterocycles. The van der Waals surface area contributed by atoms with Gasteiger partial charge in [-0.1, -0.05) is 20.4 Å². The van der Waals surface area contributed by atoms with Crippen LogP contribution in [0.1, 0.15) is 11.3 Å². The van der Waals surface area contributed by atoms with Crippen molar-refractivity contribution in [2.24, 2.45) is 5.84 Å². The molecular formula is C10H11BrN4OS. The van der Waals surface area contributed by atoms with Gasteiger partial charge in [0.1, 0.15) is 18.1 Å². The second-order valence-corrected chi connectivity index (χ2v) is 5.00. The van der Waals surface area contributed by atoms with Crippen LogP contribution < -0.4 is 16.0 Å². The van der Waals surface area contributed by atoms with E-state index in [-0.39, 0.29) is 0 Å². The van der Waals surface area contributed by atoms with Gasteiger partial charge in [0.15, 0.2) is 5.00 Å². The van der Waals surface area contributed by atoms with Crippen molar-refractivity contribution in [1.82, 2.24) is 9.59 Å². The SMILES string of the molecule is Cc1cc(OCc2nnsc2NN)ccc1Br. The van der Waals surface area contributed by atoms with Gasteiger partial charge in [0.05, 0.1) is 0 Å². The van der Waals surface area contributed by atoms with Gasteiger partial charge in [-0.25, -0.2) is 5.84 Å². The van der Waals surface area contributed by atoms with Gasteiger partial charge in [-0.05, 0) is 30.7 Å². The van der Waals surface area contributed by atoms with E-state index in [2.05, 4.69) is 30.9 Å². The molecule has 0 aliphatic carbocycles. The van der Waals surface area contributed by atoms with Crippen molar-refractivity contribution in [3.8, 4) is 5.75 Å². The average molecular weight is 315 g/mol. The molecule has 0 aliphatic heterocycles. The lowest BCUT2D eigenvalue weighted by molar-refractivity contribution is 0.301. The van der Waals surface area contributed by atoms with Crippen molar-refractivity contribution in [3.63, 3.8) is 0 Å². The van der Waals surface area contributed by atoms with Crippen LogP contribution in [0.3, 0.4) is 0 Å². The average Bonchev–Trinajstić information content (AvgIpc) is 2.78. The number of nitrogens with one attached hydrogen (secondary N) is 1. The van der Waals surface area contributed by atoms with Gasteiger partial charge in [0.25, 0.3) is 0 Å². The topological polar surface area (TPSA) is 73.1 Å². The normalized spacial score (nSPS) is 10.3. The number of aryl methyl sites for hydroxylation is 1. The number of benzene rings is 1. The molecule has 0 unspecified atom stereocenters. The summed E-state index contributed by atoms with van der Waals surface area (Å²) >= 11 is 4.64. The Labute approximate surface area is 111 Å². The predicted octanol–water partition coefficient (Wildman–Crippen LogP) is 2.47. The van der Waals surface area contributed by atoms with E-state index >= 15 is 0 Å². The Morgan fingerprint density at radius 2 is 2.35 bits per heavy atom. The minimum atomic E-state index is 0.344. The summed E-state index contributed by atoms with van der Waals surface area (Å²) in [6.07, 6.45) is 0. The molecular weight excluding hydrogens is 304 g/mol. The third kappa shape index (κ3) is 2.93. The maximum absolute atomic E-state index is 5.62. The molecule has 0 aliphatic rings. The monoisotopic (exact) mass is 314 g/mol. The van der Waals surface area contributed by atoms with E-state index in [1.54, 1.807) is 0 Å². The number of anilines is 1. The first-order valence-electron chi connectivity index (χ1n) is 4.87. The number of hydrazine groups is 1.